The Hall–Kier alpha value is -3.89. The van der Waals surface area contributed by atoms with Crippen LogP contribution in [0.15, 0.2) is 60.7 Å². The summed E-state index contributed by atoms with van der Waals surface area (Å²) in [6.45, 7) is 2.36. The van der Waals surface area contributed by atoms with Gasteiger partial charge in [-0.2, -0.15) is 5.26 Å². The number of carbonyl (C=O) groups excluding carboxylic acids is 1. The average Bonchev–Trinajstić information content (AvgIpc) is 3.28. The van der Waals surface area contributed by atoms with Crippen LogP contribution in [0.25, 0.3) is 0 Å². The highest BCUT2D eigenvalue weighted by molar-refractivity contribution is 5.99. The van der Waals surface area contributed by atoms with E-state index in [1.807, 2.05) is 41.3 Å². The quantitative estimate of drug-likeness (QED) is 0.556. The lowest BCUT2D eigenvalue weighted by atomic mass is 9.85. The number of carbonyl (C=O) groups is 1. The SMILES string of the molecule is N#Cc1ccc(N2CCC(C(N)c3ccc(COc4cccc5c4CNC5=O)cc3)CC2)c(F)c1. The zero-order valence-corrected chi connectivity index (χ0v) is 19.3. The fourth-order valence-electron chi connectivity index (χ4n) is 4.96. The molecule has 7 heteroatoms. The lowest BCUT2D eigenvalue weighted by molar-refractivity contribution is 0.0965. The van der Waals surface area contributed by atoms with E-state index in [0.717, 1.165) is 48.4 Å². The number of hydrogen-bond acceptors (Lipinski definition) is 5. The van der Waals surface area contributed by atoms with Crippen LogP contribution < -0.4 is 20.7 Å². The molecular weight excluding hydrogens is 443 g/mol. The van der Waals surface area contributed by atoms with Crippen LogP contribution in [-0.4, -0.2) is 19.0 Å². The highest BCUT2D eigenvalue weighted by Crippen LogP contribution is 2.32. The third-order valence-electron chi connectivity index (χ3n) is 7.03. The van der Waals surface area contributed by atoms with Gasteiger partial charge in [0, 0.05) is 36.8 Å². The summed E-state index contributed by atoms with van der Waals surface area (Å²) in [6, 6.07) is 20.2. The topological polar surface area (TPSA) is 91.4 Å². The van der Waals surface area contributed by atoms with Crippen molar-refractivity contribution in [1.82, 2.24) is 5.32 Å². The van der Waals surface area contributed by atoms with Crippen molar-refractivity contribution in [1.29, 1.82) is 5.26 Å². The molecule has 3 aromatic rings. The van der Waals surface area contributed by atoms with E-state index in [1.165, 1.54) is 6.07 Å². The minimum absolute atomic E-state index is 0.0586. The van der Waals surface area contributed by atoms with Crippen LogP contribution in [0.4, 0.5) is 10.1 Å². The maximum Gasteiger partial charge on any atom is 0.252 e. The van der Waals surface area contributed by atoms with E-state index in [-0.39, 0.29) is 17.8 Å². The zero-order chi connectivity index (χ0) is 24.4. The van der Waals surface area contributed by atoms with Gasteiger partial charge >= 0.3 is 0 Å². The maximum atomic E-state index is 14.4. The number of nitrogens with one attached hydrogen (secondary N) is 1. The standard InChI is InChI=1S/C28H27FN4O2/c29-24-14-19(15-30)6-9-25(24)33-12-10-21(11-13-33)27(31)20-7-4-18(5-8-20)17-35-26-3-1-2-22-23(26)16-32-28(22)34/h1-9,14,21,27H,10-13,16-17,31H2,(H,32,34). The summed E-state index contributed by atoms with van der Waals surface area (Å²) in [7, 11) is 0. The number of nitrogens with two attached hydrogens (primary N) is 1. The first-order valence-electron chi connectivity index (χ1n) is 11.9. The van der Waals surface area contributed by atoms with E-state index in [4.69, 9.17) is 15.7 Å². The molecule has 6 nitrogen and oxygen atoms in total. The van der Waals surface area contributed by atoms with E-state index in [0.29, 0.717) is 35.9 Å². The van der Waals surface area contributed by atoms with Crippen LogP contribution >= 0.6 is 0 Å². The van der Waals surface area contributed by atoms with Crippen molar-refractivity contribution in [3.63, 3.8) is 0 Å². The normalized spacial score (nSPS) is 16.4. The minimum Gasteiger partial charge on any atom is -0.489 e. The highest BCUT2D eigenvalue weighted by atomic mass is 19.1. The Labute approximate surface area is 204 Å². The molecule has 5 rings (SSSR count). The summed E-state index contributed by atoms with van der Waals surface area (Å²) in [4.78, 5) is 13.9. The molecule has 0 saturated carbocycles. The van der Waals surface area contributed by atoms with E-state index < -0.39 is 0 Å². The minimum atomic E-state index is -0.354. The van der Waals surface area contributed by atoms with Gasteiger partial charge in [0.05, 0.1) is 17.3 Å². The van der Waals surface area contributed by atoms with Crippen molar-refractivity contribution in [2.24, 2.45) is 11.7 Å². The van der Waals surface area contributed by atoms with E-state index in [1.54, 1.807) is 12.1 Å². The molecule has 1 amide bonds. The van der Waals surface area contributed by atoms with Gasteiger partial charge in [-0.1, -0.05) is 30.3 Å². The molecule has 1 unspecified atom stereocenters. The molecule has 3 N–H and O–H groups in total. The summed E-state index contributed by atoms with van der Waals surface area (Å²) in [5, 5.41) is 11.8. The van der Waals surface area contributed by atoms with Crippen LogP contribution in [0.3, 0.4) is 0 Å². The number of benzene rings is 3. The molecule has 2 aliphatic heterocycles. The lowest BCUT2D eigenvalue weighted by Gasteiger charge is -2.36. The van der Waals surface area contributed by atoms with Crippen LogP contribution in [0.2, 0.25) is 0 Å². The van der Waals surface area contributed by atoms with Gasteiger partial charge in [-0.25, -0.2) is 4.39 Å². The number of hydrogen-bond donors (Lipinski definition) is 2. The largest absolute Gasteiger partial charge is 0.489 e. The smallest absolute Gasteiger partial charge is 0.252 e. The van der Waals surface area contributed by atoms with Gasteiger partial charge in [-0.15, -0.1) is 0 Å². The highest BCUT2D eigenvalue weighted by Gasteiger charge is 2.27. The van der Waals surface area contributed by atoms with Gasteiger partial charge in [0.25, 0.3) is 5.91 Å². The third-order valence-corrected chi connectivity index (χ3v) is 7.03. The number of anilines is 1. The molecule has 178 valence electrons. The second kappa shape index (κ2) is 9.77. The van der Waals surface area contributed by atoms with Crippen LogP contribution in [0.5, 0.6) is 5.75 Å². The molecule has 0 bridgehead atoms. The maximum absolute atomic E-state index is 14.4. The fourth-order valence-corrected chi connectivity index (χ4v) is 4.96. The molecule has 1 atom stereocenters. The predicted octanol–water partition coefficient (Wildman–Crippen LogP) is 4.44. The molecule has 0 radical (unpaired) electrons. The van der Waals surface area contributed by atoms with Crippen molar-refractivity contribution < 1.29 is 13.9 Å². The number of piperidine rings is 1. The molecule has 1 fully saturated rings. The summed E-state index contributed by atoms with van der Waals surface area (Å²) < 4.78 is 20.4. The van der Waals surface area contributed by atoms with E-state index in [9.17, 15) is 9.18 Å². The number of rotatable bonds is 6. The summed E-state index contributed by atoms with van der Waals surface area (Å²) in [5.74, 6) is 0.628. The van der Waals surface area contributed by atoms with Gasteiger partial charge in [-0.05, 0) is 60.2 Å². The second-order valence-corrected chi connectivity index (χ2v) is 9.12. The summed E-state index contributed by atoms with van der Waals surface area (Å²) in [6.07, 6.45) is 1.74. The van der Waals surface area contributed by atoms with Gasteiger partial charge in [0.2, 0.25) is 0 Å². The average molecular weight is 471 g/mol. The van der Waals surface area contributed by atoms with Crippen molar-refractivity contribution in [3.05, 3.63) is 94.3 Å². The van der Waals surface area contributed by atoms with Crippen LogP contribution in [-0.2, 0) is 13.2 Å². The van der Waals surface area contributed by atoms with E-state index >= 15 is 0 Å². The van der Waals surface area contributed by atoms with Gasteiger partial charge < -0.3 is 20.7 Å². The molecule has 0 aliphatic carbocycles. The molecule has 2 heterocycles. The number of halogens is 1. The van der Waals surface area contributed by atoms with Crippen molar-refractivity contribution in [3.8, 4) is 11.8 Å². The molecular formula is C28H27FN4O2. The first kappa shape index (κ1) is 22.9. The Morgan fingerprint density at radius 1 is 1.14 bits per heavy atom. The Kier molecular flexibility index (Phi) is 6.39. The number of amides is 1. The van der Waals surface area contributed by atoms with Gasteiger partial charge in [0.15, 0.2) is 0 Å². The Morgan fingerprint density at radius 3 is 2.63 bits per heavy atom. The van der Waals surface area contributed by atoms with Crippen molar-refractivity contribution >= 4 is 11.6 Å². The fraction of sp³-hybridized carbons (Fsp3) is 0.286. The van der Waals surface area contributed by atoms with Gasteiger partial charge in [-0.3, -0.25) is 4.79 Å². The van der Waals surface area contributed by atoms with Crippen LogP contribution in [0, 0.1) is 23.1 Å². The number of nitrogens with zero attached hydrogens (tertiary/aromatic N) is 2. The molecule has 1 saturated heterocycles. The summed E-state index contributed by atoms with van der Waals surface area (Å²) in [5.41, 5.74) is 11.2. The summed E-state index contributed by atoms with van der Waals surface area (Å²) >= 11 is 0. The van der Waals surface area contributed by atoms with Gasteiger partial charge in [0.1, 0.15) is 18.2 Å². The lowest BCUT2D eigenvalue weighted by Crippen LogP contribution is -2.38. The second-order valence-electron chi connectivity index (χ2n) is 9.12. The van der Waals surface area contributed by atoms with Crippen molar-refractivity contribution in [2.75, 3.05) is 18.0 Å². The Balaban J connectivity index is 1.17. The van der Waals surface area contributed by atoms with Crippen LogP contribution in [0.1, 0.15) is 51.5 Å². The third kappa shape index (κ3) is 4.71. The molecule has 2 aliphatic rings. The monoisotopic (exact) mass is 470 g/mol. The van der Waals surface area contributed by atoms with E-state index in [2.05, 4.69) is 17.4 Å². The number of fused-ring (bicyclic) bond motifs is 1. The van der Waals surface area contributed by atoms with Crippen molar-refractivity contribution in [2.45, 2.75) is 32.0 Å². The Morgan fingerprint density at radius 2 is 1.91 bits per heavy atom. The first-order chi connectivity index (χ1) is 17.0. The molecule has 0 aromatic heterocycles. The number of ether oxygens (including phenoxy) is 1. The predicted molar refractivity (Wildman–Crippen MR) is 131 cm³/mol. The number of nitriles is 1. The Bertz CT molecular complexity index is 1280. The first-order valence-corrected chi connectivity index (χ1v) is 11.9. The molecule has 35 heavy (non-hydrogen) atoms. The molecule has 0 spiro atoms. The zero-order valence-electron chi connectivity index (χ0n) is 19.3. The molecule has 3 aromatic carbocycles.